The fourth-order valence-electron chi connectivity index (χ4n) is 3.20. The van der Waals surface area contributed by atoms with Gasteiger partial charge < -0.3 is 10.2 Å². The standard InChI is InChI=1S/C15H22O2/c1-5-7-8-12-14(3,4)10-9-13(17)15(12,6-2)11-16/h1-2,12-13,16-17H,7-11H2,3-4H3. The fraction of sp³-hybridized carbons (Fsp3) is 0.733. The van der Waals surface area contributed by atoms with Crippen molar-refractivity contribution in [3.8, 4) is 24.7 Å². The van der Waals surface area contributed by atoms with E-state index in [9.17, 15) is 10.2 Å². The maximum Gasteiger partial charge on any atom is 0.0833 e. The molecule has 94 valence electrons. The largest absolute Gasteiger partial charge is 0.395 e. The van der Waals surface area contributed by atoms with Gasteiger partial charge in [-0.2, -0.15) is 0 Å². The predicted octanol–water partition coefficient (Wildman–Crippen LogP) is 1.81. The molecular weight excluding hydrogens is 212 g/mol. The average Bonchev–Trinajstić information content (AvgIpc) is 2.31. The van der Waals surface area contributed by atoms with E-state index < -0.39 is 11.5 Å². The van der Waals surface area contributed by atoms with E-state index in [0.717, 1.165) is 12.8 Å². The lowest BCUT2D eigenvalue weighted by Gasteiger charge is -2.51. The Balaban J connectivity index is 3.10. The van der Waals surface area contributed by atoms with Crippen molar-refractivity contribution >= 4 is 0 Å². The lowest BCUT2D eigenvalue weighted by atomic mass is 9.54. The SMILES string of the molecule is C#CCCC1C(C)(C)CCC(O)C1(C#C)CO. The fourth-order valence-corrected chi connectivity index (χ4v) is 3.20. The molecule has 0 aliphatic heterocycles. The van der Waals surface area contributed by atoms with Gasteiger partial charge >= 0.3 is 0 Å². The van der Waals surface area contributed by atoms with E-state index in [1.807, 2.05) is 0 Å². The number of hydrogen-bond donors (Lipinski definition) is 2. The van der Waals surface area contributed by atoms with Crippen LogP contribution in [0.5, 0.6) is 0 Å². The van der Waals surface area contributed by atoms with Crippen LogP contribution < -0.4 is 0 Å². The monoisotopic (exact) mass is 234 g/mol. The Morgan fingerprint density at radius 2 is 2.00 bits per heavy atom. The van der Waals surface area contributed by atoms with Gasteiger partial charge in [0.2, 0.25) is 0 Å². The molecule has 3 atom stereocenters. The Bertz CT molecular complexity index is 345. The average molecular weight is 234 g/mol. The molecule has 1 saturated carbocycles. The molecule has 3 unspecified atom stereocenters. The molecule has 1 aliphatic rings. The number of terminal acetylenes is 2. The van der Waals surface area contributed by atoms with Gasteiger partial charge in [0.25, 0.3) is 0 Å². The van der Waals surface area contributed by atoms with Gasteiger partial charge in [0, 0.05) is 6.42 Å². The van der Waals surface area contributed by atoms with E-state index in [4.69, 9.17) is 12.8 Å². The minimum absolute atomic E-state index is 0.00514. The van der Waals surface area contributed by atoms with Crippen molar-refractivity contribution in [2.45, 2.75) is 45.6 Å². The molecule has 0 heterocycles. The number of rotatable bonds is 3. The molecular formula is C15H22O2. The predicted molar refractivity (Wildman–Crippen MR) is 68.9 cm³/mol. The summed E-state index contributed by atoms with van der Waals surface area (Å²) in [5, 5.41) is 19.8. The van der Waals surface area contributed by atoms with Gasteiger partial charge in [0.1, 0.15) is 0 Å². The summed E-state index contributed by atoms with van der Waals surface area (Å²) in [5.41, 5.74) is -0.830. The van der Waals surface area contributed by atoms with E-state index in [0.29, 0.717) is 12.8 Å². The summed E-state index contributed by atoms with van der Waals surface area (Å²) in [6.45, 7) is 4.10. The normalized spacial score (nSPS) is 35.9. The van der Waals surface area contributed by atoms with E-state index in [1.54, 1.807) is 0 Å². The van der Waals surface area contributed by atoms with Crippen molar-refractivity contribution in [2.75, 3.05) is 6.61 Å². The van der Waals surface area contributed by atoms with E-state index in [1.165, 1.54) is 0 Å². The summed E-state index contributed by atoms with van der Waals surface area (Å²) < 4.78 is 0. The van der Waals surface area contributed by atoms with Gasteiger partial charge in [-0.05, 0) is 30.6 Å². The summed E-state index contributed by atoms with van der Waals surface area (Å²) in [6, 6.07) is 0. The molecule has 17 heavy (non-hydrogen) atoms. The molecule has 2 heteroatoms. The first-order chi connectivity index (χ1) is 7.94. The van der Waals surface area contributed by atoms with Crippen LogP contribution in [-0.2, 0) is 0 Å². The molecule has 2 nitrogen and oxygen atoms in total. The lowest BCUT2D eigenvalue weighted by molar-refractivity contribution is -0.100. The van der Waals surface area contributed by atoms with Crippen LogP contribution in [0.25, 0.3) is 0 Å². The summed E-state index contributed by atoms with van der Waals surface area (Å²) in [4.78, 5) is 0. The second-order valence-corrected chi connectivity index (χ2v) is 5.68. The molecule has 0 amide bonds. The van der Waals surface area contributed by atoms with Crippen LogP contribution in [0.4, 0.5) is 0 Å². The van der Waals surface area contributed by atoms with Gasteiger partial charge in [-0.25, -0.2) is 0 Å². The first kappa shape index (κ1) is 14.1. The third kappa shape index (κ3) is 2.34. The molecule has 0 aromatic rings. The summed E-state index contributed by atoms with van der Waals surface area (Å²) in [7, 11) is 0. The van der Waals surface area contributed by atoms with Crippen molar-refractivity contribution < 1.29 is 10.2 Å². The highest BCUT2D eigenvalue weighted by Crippen LogP contribution is 2.52. The van der Waals surface area contributed by atoms with Crippen LogP contribution in [0.3, 0.4) is 0 Å². The van der Waals surface area contributed by atoms with Crippen LogP contribution in [0.15, 0.2) is 0 Å². The Morgan fingerprint density at radius 3 is 2.47 bits per heavy atom. The first-order valence-corrected chi connectivity index (χ1v) is 6.14. The maximum atomic E-state index is 10.2. The van der Waals surface area contributed by atoms with Gasteiger partial charge in [-0.1, -0.05) is 19.8 Å². The molecule has 0 saturated heterocycles. The second kappa shape index (κ2) is 5.13. The Hall–Kier alpha value is -0.960. The molecule has 0 spiro atoms. The van der Waals surface area contributed by atoms with E-state index >= 15 is 0 Å². The minimum atomic E-state index is -0.835. The third-order valence-electron chi connectivity index (χ3n) is 4.33. The highest BCUT2D eigenvalue weighted by molar-refractivity contribution is 5.17. The zero-order valence-corrected chi connectivity index (χ0v) is 10.7. The van der Waals surface area contributed by atoms with Gasteiger partial charge in [-0.15, -0.1) is 18.8 Å². The number of aliphatic hydroxyl groups is 2. The summed E-state index contributed by atoms with van der Waals surface area (Å²) in [6.07, 6.45) is 13.2. The molecule has 2 N–H and O–H groups in total. The van der Waals surface area contributed by atoms with Crippen LogP contribution in [0.2, 0.25) is 0 Å². The highest BCUT2D eigenvalue weighted by Gasteiger charge is 2.52. The van der Waals surface area contributed by atoms with E-state index in [2.05, 4.69) is 25.7 Å². The molecule has 0 aromatic carbocycles. The van der Waals surface area contributed by atoms with Gasteiger partial charge in [0.05, 0.1) is 18.1 Å². The maximum absolute atomic E-state index is 10.2. The van der Waals surface area contributed by atoms with Crippen molar-refractivity contribution in [3.05, 3.63) is 0 Å². The zero-order valence-electron chi connectivity index (χ0n) is 10.7. The van der Waals surface area contributed by atoms with Crippen molar-refractivity contribution in [1.29, 1.82) is 0 Å². The smallest absolute Gasteiger partial charge is 0.0833 e. The van der Waals surface area contributed by atoms with Crippen molar-refractivity contribution in [3.63, 3.8) is 0 Å². The molecule has 0 aromatic heterocycles. The first-order valence-electron chi connectivity index (χ1n) is 6.14. The summed E-state index contributed by atoms with van der Waals surface area (Å²) in [5.74, 6) is 5.34. The molecule has 0 radical (unpaired) electrons. The minimum Gasteiger partial charge on any atom is -0.395 e. The Labute approximate surface area is 104 Å². The molecule has 0 bridgehead atoms. The second-order valence-electron chi connectivity index (χ2n) is 5.68. The van der Waals surface area contributed by atoms with Crippen molar-refractivity contribution in [1.82, 2.24) is 0 Å². The Kier molecular flexibility index (Phi) is 4.26. The van der Waals surface area contributed by atoms with Crippen LogP contribution >= 0.6 is 0 Å². The van der Waals surface area contributed by atoms with Gasteiger partial charge in [-0.3, -0.25) is 0 Å². The number of aliphatic hydroxyl groups excluding tert-OH is 2. The molecule has 1 fully saturated rings. The van der Waals surface area contributed by atoms with E-state index in [-0.39, 0.29) is 17.9 Å². The van der Waals surface area contributed by atoms with Gasteiger partial charge in [0.15, 0.2) is 0 Å². The lowest BCUT2D eigenvalue weighted by Crippen LogP contribution is -2.53. The Morgan fingerprint density at radius 1 is 1.35 bits per heavy atom. The third-order valence-corrected chi connectivity index (χ3v) is 4.33. The zero-order chi connectivity index (χ0) is 13.1. The topological polar surface area (TPSA) is 40.5 Å². The molecule has 1 rings (SSSR count). The number of hydrogen-bond acceptors (Lipinski definition) is 2. The van der Waals surface area contributed by atoms with Crippen LogP contribution in [0, 0.1) is 41.4 Å². The quantitative estimate of drug-likeness (QED) is 0.731. The van der Waals surface area contributed by atoms with Crippen molar-refractivity contribution in [2.24, 2.45) is 16.7 Å². The van der Waals surface area contributed by atoms with Crippen LogP contribution in [-0.4, -0.2) is 22.9 Å². The van der Waals surface area contributed by atoms with Crippen LogP contribution in [0.1, 0.15) is 39.5 Å². The summed E-state index contributed by atoms with van der Waals surface area (Å²) >= 11 is 0. The highest BCUT2D eigenvalue weighted by atomic mass is 16.3. The molecule has 1 aliphatic carbocycles.